The summed E-state index contributed by atoms with van der Waals surface area (Å²) in [7, 11) is 4.77. The molecule has 0 aromatic heterocycles. The summed E-state index contributed by atoms with van der Waals surface area (Å²) < 4.78 is 15.6. The van der Waals surface area contributed by atoms with Gasteiger partial charge in [0.2, 0.25) is 0 Å². The van der Waals surface area contributed by atoms with Gasteiger partial charge in [0, 0.05) is 31.3 Å². The maximum Gasteiger partial charge on any atom is 0.317 e. The third-order valence-corrected chi connectivity index (χ3v) is 3.36. The van der Waals surface area contributed by atoms with Gasteiger partial charge in [0.25, 0.3) is 0 Å². The third-order valence-electron chi connectivity index (χ3n) is 3.36. The van der Waals surface area contributed by atoms with Crippen molar-refractivity contribution in [3.05, 3.63) is 23.8 Å². The average molecular weight is 297 g/mol. The quantitative estimate of drug-likeness (QED) is 0.749. The molecule has 0 bridgehead atoms. The van der Waals surface area contributed by atoms with Crippen LogP contribution >= 0.6 is 0 Å². The molecule has 0 amide bonds. The minimum atomic E-state index is -0.870. The molecule has 0 aliphatic rings. The van der Waals surface area contributed by atoms with Crippen LogP contribution in [-0.4, -0.2) is 57.0 Å². The second kappa shape index (κ2) is 8.49. The Morgan fingerprint density at radius 2 is 2.00 bits per heavy atom. The normalized spacial score (nSPS) is 12.2. The highest BCUT2D eigenvalue weighted by atomic mass is 16.5. The zero-order chi connectivity index (χ0) is 15.8. The van der Waals surface area contributed by atoms with E-state index in [-0.39, 0.29) is 12.6 Å². The predicted octanol–water partition coefficient (Wildman–Crippen LogP) is 1.80. The third kappa shape index (κ3) is 4.91. The SMILES string of the molecule is COCCN(CC(=O)O)C(C)c1ccc(OC)cc1OC. The van der Waals surface area contributed by atoms with Crippen LogP contribution in [0.5, 0.6) is 11.5 Å². The molecule has 0 spiro atoms. The summed E-state index contributed by atoms with van der Waals surface area (Å²) in [4.78, 5) is 12.9. The predicted molar refractivity (Wildman–Crippen MR) is 79.0 cm³/mol. The Hall–Kier alpha value is -1.79. The lowest BCUT2D eigenvalue weighted by Gasteiger charge is -2.28. The summed E-state index contributed by atoms with van der Waals surface area (Å²) in [6.45, 7) is 2.89. The number of hydrogen-bond donors (Lipinski definition) is 1. The van der Waals surface area contributed by atoms with Crippen molar-refractivity contribution in [1.82, 2.24) is 4.90 Å². The zero-order valence-electron chi connectivity index (χ0n) is 13.0. The molecule has 1 aromatic carbocycles. The molecule has 0 fully saturated rings. The molecule has 1 unspecified atom stereocenters. The van der Waals surface area contributed by atoms with E-state index in [0.717, 1.165) is 5.56 Å². The minimum Gasteiger partial charge on any atom is -0.497 e. The Labute approximate surface area is 125 Å². The average Bonchev–Trinajstić information content (AvgIpc) is 2.49. The fourth-order valence-corrected chi connectivity index (χ4v) is 2.15. The van der Waals surface area contributed by atoms with E-state index in [0.29, 0.717) is 24.7 Å². The van der Waals surface area contributed by atoms with Crippen LogP contribution in [0.15, 0.2) is 18.2 Å². The molecule has 6 heteroatoms. The highest BCUT2D eigenvalue weighted by molar-refractivity contribution is 5.69. The van der Waals surface area contributed by atoms with Crippen molar-refractivity contribution in [2.45, 2.75) is 13.0 Å². The number of hydrogen-bond acceptors (Lipinski definition) is 5. The van der Waals surface area contributed by atoms with Crippen LogP contribution in [0.4, 0.5) is 0 Å². The van der Waals surface area contributed by atoms with Crippen LogP contribution in [0.2, 0.25) is 0 Å². The van der Waals surface area contributed by atoms with Crippen LogP contribution < -0.4 is 9.47 Å². The van der Waals surface area contributed by atoms with Gasteiger partial charge in [0.05, 0.1) is 27.4 Å². The highest BCUT2D eigenvalue weighted by Gasteiger charge is 2.21. The van der Waals surface area contributed by atoms with Gasteiger partial charge in [0.15, 0.2) is 0 Å². The van der Waals surface area contributed by atoms with E-state index in [1.54, 1.807) is 27.4 Å². The Kier molecular flexibility index (Phi) is 6.98. The lowest BCUT2D eigenvalue weighted by Crippen LogP contribution is -2.35. The summed E-state index contributed by atoms with van der Waals surface area (Å²) in [5.41, 5.74) is 0.913. The van der Waals surface area contributed by atoms with Crippen molar-refractivity contribution in [3.8, 4) is 11.5 Å². The van der Waals surface area contributed by atoms with E-state index in [9.17, 15) is 4.79 Å². The van der Waals surface area contributed by atoms with Crippen molar-refractivity contribution < 1.29 is 24.1 Å². The number of carbonyl (C=O) groups is 1. The second-order valence-corrected chi connectivity index (χ2v) is 4.64. The Bertz CT molecular complexity index is 463. The van der Waals surface area contributed by atoms with Gasteiger partial charge in [-0.3, -0.25) is 9.69 Å². The van der Waals surface area contributed by atoms with Gasteiger partial charge in [-0.25, -0.2) is 0 Å². The van der Waals surface area contributed by atoms with Crippen molar-refractivity contribution in [1.29, 1.82) is 0 Å². The number of carboxylic acid groups (broad SMARTS) is 1. The summed E-state index contributed by atoms with van der Waals surface area (Å²) in [5.74, 6) is 0.504. The Morgan fingerprint density at radius 1 is 1.29 bits per heavy atom. The lowest BCUT2D eigenvalue weighted by atomic mass is 10.1. The molecule has 0 saturated carbocycles. The van der Waals surface area contributed by atoms with E-state index in [1.807, 2.05) is 24.0 Å². The van der Waals surface area contributed by atoms with Crippen LogP contribution in [0.25, 0.3) is 0 Å². The maximum atomic E-state index is 11.0. The van der Waals surface area contributed by atoms with E-state index in [1.165, 1.54) is 0 Å². The number of rotatable bonds is 9. The van der Waals surface area contributed by atoms with E-state index in [4.69, 9.17) is 19.3 Å². The first-order valence-corrected chi connectivity index (χ1v) is 6.70. The molecule has 21 heavy (non-hydrogen) atoms. The van der Waals surface area contributed by atoms with E-state index < -0.39 is 5.97 Å². The molecule has 0 heterocycles. The summed E-state index contributed by atoms with van der Waals surface area (Å²) in [5, 5.41) is 9.05. The molecular formula is C15H23NO5. The van der Waals surface area contributed by atoms with Gasteiger partial charge in [0.1, 0.15) is 11.5 Å². The van der Waals surface area contributed by atoms with Crippen LogP contribution in [-0.2, 0) is 9.53 Å². The first kappa shape index (κ1) is 17.3. The summed E-state index contributed by atoms with van der Waals surface area (Å²) >= 11 is 0. The van der Waals surface area contributed by atoms with Gasteiger partial charge in [-0.1, -0.05) is 6.07 Å². The molecule has 0 saturated heterocycles. The van der Waals surface area contributed by atoms with E-state index in [2.05, 4.69) is 0 Å². The van der Waals surface area contributed by atoms with Crippen molar-refractivity contribution in [3.63, 3.8) is 0 Å². The van der Waals surface area contributed by atoms with Crippen LogP contribution in [0.1, 0.15) is 18.5 Å². The number of nitrogens with zero attached hydrogens (tertiary/aromatic N) is 1. The molecule has 1 atom stereocenters. The Morgan fingerprint density at radius 3 is 2.52 bits per heavy atom. The number of aliphatic carboxylic acids is 1. The van der Waals surface area contributed by atoms with Crippen molar-refractivity contribution in [2.24, 2.45) is 0 Å². The molecule has 6 nitrogen and oxygen atoms in total. The number of methoxy groups -OCH3 is 3. The zero-order valence-corrected chi connectivity index (χ0v) is 13.0. The fraction of sp³-hybridized carbons (Fsp3) is 0.533. The first-order valence-electron chi connectivity index (χ1n) is 6.70. The summed E-state index contributed by atoms with van der Waals surface area (Å²) in [6.07, 6.45) is 0. The van der Waals surface area contributed by atoms with Gasteiger partial charge in [-0.15, -0.1) is 0 Å². The molecule has 0 aliphatic heterocycles. The molecule has 0 radical (unpaired) electrons. The second-order valence-electron chi connectivity index (χ2n) is 4.64. The smallest absolute Gasteiger partial charge is 0.317 e. The van der Waals surface area contributed by atoms with Gasteiger partial charge >= 0.3 is 5.97 Å². The topological polar surface area (TPSA) is 68.2 Å². The van der Waals surface area contributed by atoms with Gasteiger partial charge in [-0.2, -0.15) is 0 Å². The number of benzene rings is 1. The Balaban J connectivity index is 3.00. The van der Waals surface area contributed by atoms with Gasteiger partial charge < -0.3 is 19.3 Å². The van der Waals surface area contributed by atoms with E-state index >= 15 is 0 Å². The standard InChI is InChI=1S/C15H23NO5/c1-11(16(7-8-19-2)10-15(17)18)13-6-5-12(20-3)9-14(13)21-4/h5-6,9,11H,7-8,10H2,1-4H3,(H,17,18). The number of ether oxygens (including phenoxy) is 3. The maximum absolute atomic E-state index is 11.0. The molecule has 1 N–H and O–H groups in total. The van der Waals surface area contributed by atoms with Crippen LogP contribution in [0.3, 0.4) is 0 Å². The van der Waals surface area contributed by atoms with Crippen molar-refractivity contribution in [2.75, 3.05) is 41.0 Å². The molecule has 0 aliphatic carbocycles. The van der Waals surface area contributed by atoms with Crippen LogP contribution in [0, 0.1) is 0 Å². The largest absolute Gasteiger partial charge is 0.497 e. The lowest BCUT2D eigenvalue weighted by molar-refractivity contribution is -0.139. The monoisotopic (exact) mass is 297 g/mol. The first-order chi connectivity index (χ1) is 10.0. The molecule has 1 aromatic rings. The summed E-state index contributed by atoms with van der Waals surface area (Å²) in [6, 6.07) is 5.41. The minimum absolute atomic E-state index is 0.0558. The molecule has 1 rings (SSSR count). The molecular weight excluding hydrogens is 274 g/mol. The fourth-order valence-electron chi connectivity index (χ4n) is 2.15. The molecule has 118 valence electrons. The number of carboxylic acids is 1. The van der Waals surface area contributed by atoms with Crippen molar-refractivity contribution >= 4 is 5.97 Å². The van der Waals surface area contributed by atoms with Gasteiger partial charge in [-0.05, 0) is 13.0 Å². The highest BCUT2D eigenvalue weighted by Crippen LogP contribution is 2.32.